The zero-order chi connectivity index (χ0) is 28.2. The van der Waals surface area contributed by atoms with Gasteiger partial charge in [0.1, 0.15) is 12.4 Å². The molecule has 2 heterocycles. The lowest BCUT2D eigenvalue weighted by atomic mass is 10.1. The molecule has 1 saturated heterocycles. The van der Waals surface area contributed by atoms with Crippen LogP contribution in [0.2, 0.25) is 0 Å². The van der Waals surface area contributed by atoms with Crippen LogP contribution in [-0.4, -0.2) is 54.3 Å². The fourth-order valence-electron chi connectivity index (χ4n) is 3.88. The first-order valence-electron chi connectivity index (χ1n) is 12.1. The van der Waals surface area contributed by atoms with Crippen molar-refractivity contribution in [3.63, 3.8) is 0 Å². The van der Waals surface area contributed by atoms with E-state index in [9.17, 15) is 19.7 Å². The standard InChI is InChI=1S/C27H22N6O5S2/c1-17-8-9-18(2)22(14-17)38-13-12-31-25(34)24(40-27(31)35)16-19-10-11-23(21(15-19)33(36)37)39-26-28-29-30-32(26)20-6-4-3-5-7-20/h3-11,14-16H,12-13H2,1-2H3/b24-16-. The molecule has 1 fully saturated rings. The van der Waals surface area contributed by atoms with E-state index in [4.69, 9.17) is 4.74 Å². The number of aryl methyl sites for hydroxylation is 2. The number of nitrogens with zero attached hydrogens (tertiary/aromatic N) is 6. The van der Waals surface area contributed by atoms with Crippen LogP contribution in [0.1, 0.15) is 16.7 Å². The number of carbonyl (C=O) groups excluding carboxylic acids is 2. The molecule has 202 valence electrons. The number of aromatic nitrogens is 4. The molecule has 2 amide bonds. The van der Waals surface area contributed by atoms with Crippen LogP contribution in [0.25, 0.3) is 11.8 Å². The van der Waals surface area contributed by atoms with Gasteiger partial charge in [0, 0.05) is 6.07 Å². The minimum atomic E-state index is -0.507. The van der Waals surface area contributed by atoms with Gasteiger partial charge in [-0.2, -0.15) is 4.68 Å². The number of nitro benzene ring substituents is 1. The second-order valence-electron chi connectivity index (χ2n) is 8.75. The maximum atomic E-state index is 13.0. The number of hydrogen-bond acceptors (Lipinski definition) is 10. The molecule has 5 rings (SSSR count). The molecule has 0 aliphatic carbocycles. The third kappa shape index (κ3) is 5.90. The van der Waals surface area contributed by atoms with Gasteiger partial charge in [-0.1, -0.05) is 36.4 Å². The number of rotatable bonds is 9. The largest absolute Gasteiger partial charge is 0.491 e. The molecule has 11 nitrogen and oxygen atoms in total. The predicted molar refractivity (Wildman–Crippen MR) is 150 cm³/mol. The Morgan fingerprint density at radius 2 is 1.88 bits per heavy atom. The van der Waals surface area contributed by atoms with Crippen molar-refractivity contribution in [1.82, 2.24) is 25.1 Å². The summed E-state index contributed by atoms with van der Waals surface area (Å²) in [5.74, 6) is 0.230. The summed E-state index contributed by atoms with van der Waals surface area (Å²) in [6.07, 6.45) is 1.48. The Morgan fingerprint density at radius 1 is 1.07 bits per heavy atom. The molecule has 0 bridgehead atoms. The summed E-state index contributed by atoms with van der Waals surface area (Å²) in [5.41, 5.74) is 2.95. The van der Waals surface area contributed by atoms with E-state index in [0.717, 1.165) is 39.6 Å². The highest BCUT2D eigenvalue weighted by Crippen LogP contribution is 2.37. The molecule has 3 aromatic carbocycles. The zero-order valence-electron chi connectivity index (χ0n) is 21.4. The van der Waals surface area contributed by atoms with Crippen molar-refractivity contribution in [3.8, 4) is 11.4 Å². The predicted octanol–water partition coefficient (Wildman–Crippen LogP) is 5.45. The maximum absolute atomic E-state index is 13.0. The smallest absolute Gasteiger partial charge is 0.293 e. The number of tetrazole rings is 1. The molecule has 0 N–H and O–H groups in total. The summed E-state index contributed by atoms with van der Waals surface area (Å²) < 4.78 is 7.29. The first-order chi connectivity index (χ1) is 19.3. The van der Waals surface area contributed by atoms with Crippen LogP contribution in [0, 0.1) is 24.0 Å². The van der Waals surface area contributed by atoms with Crippen LogP contribution < -0.4 is 4.74 Å². The van der Waals surface area contributed by atoms with Crippen LogP contribution in [0.4, 0.5) is 10.5 Å². The maximum Gasteiger partial charge on any atom is 0.293 e. The molecule has 0 unspecified atom stereocenters. The Labute approximate surface area is 237 Å². The van der Waals surface area contributed by atoms with Crippen LogP contribution in [-0.2, 0) is 4.79 Å². The van der Waals surface area contributed by atoms with E-state index in [1.54, 1.807) is 12.1 Å². The minimum Gasteiger partial charge on any atom is -0.491 e. The molecule has 0 spiro atoms. The Bertz CT molecular complexity index is 1640. The quantitative estimate of drug-likeness (QED) is 0.144. The van der Waals surface area contributed by atoms with E-state index in [-0.39, 0.29) is 23.7 Å². The second kappa shape index (κ2) is 11.7. The molecule has 0 atom stereocenters. The number of carbonyl (C=O) groups is 2. The molecular weight excluding hydrogens is 552 g/mol. The number of para-hydroxylation sites is 1. The molecular formula is C27H22N6O5S2. The van der Waals surface area contributed by atoms with Gasteiger partial charge in [-0.3, -0.25) is 24.6 Å². The highest BCUT2D eigenvalue weighted by molar-refractivity contribution is 8.18. The molecule has 1 aliphatic heterocycles. The van der Waals surface area contributed by atoms with E-state index in [1.807, 2.05) is 62.4 Å². The number of imide groups is 1. The number of hydrogen-bond donors (Lipinski definition) is 0. The highest BCUT2D eigenvalue weighted by atomic mass is 32.2. The van der Waals surface area contributed by atoms with Crippen molar-refractivity contribution in [2.75, 3.05) is 13.2 Å². The lowest BCUT2D eigenvalue weighted by Crippen LogP contribution is -2.32. The Balaban J connectivity index is 1.31. The van der Waals surface area contributed by atoms with Crippen LogP contribution >= 0.6 is 23.5 Å². The van der Waals surface area contributed by atoms with Crippen LogP contribution in [0.5, 0.6) is 5.75 Å². The number of nitro groups is 1. The summed E-state index contributed by atoms with van der Waals surface area (Å²) >= 11 is 1.84. The molecule has 0 radical (unpaired) electrons. The summed E-state index contributed by atoms with van der Waals surface area (Å²) in [6.45, 7) is 4.11. The number of ether oxygens (including phenoxy) is 1. The van der Waals surface area contributed by atoms with Crippen LogP contribution in [0.15, 0.2) is 81.7 Å². The van der Waals surface area contributed by atoms with Gasteiger partial charge in [-0.25, -0.2) is 0 Å². The lowest BCUT2D eigenvalue weighted by molar-refractivity contribution is -0.387. The normalized spacial score (nSPS) is 14.2. The molecule has 1 aliphatic rings. The van der Waals surface area contributed by atoms with Crippen molar-refractivity contribution in [2.45, 2.75) is 23.9 Å². The van der Waals surface area contributed by atoms with Gasteiger partial charge >= 0.3 is 0 Å². The average molecular weight is 575 g/mol. The molecule has 1 aromatic heterocycles. The van der Waals surface area contributed by atoms with E-state index in [0.29, 0.717) is 27.1 Å². The van der Waals surface area contributed by atoms with Gasteiger partial charge in [-0.15, -0.1) is 5.10 Å². The van der Waals surface area contributed by atoms with E-state index < -0.39 is 16.1 Å². The number of amides is 2. The topological polar surface area (TPSA) is 133 Å². The summed E-state index contributed by atoms with van der Waals surface area (Å²) in [7, 11) is 0. The lowest BCUT2D eigenvalue weighted by Gasteiger charge is -2.14. The van der Waals surface area contributed by atoms with Crippen molar-refractivity contribution in [2.24, 2.45) is 0 Å². The highest BCUT2D eigenvalue weighted by Gasteiger charge is 2.35. The summed E-state index contributed by atoms with van der Waals surface area (Å²) in [5, 5.41) is 23.5. The van der Waals surface area contributed by atoms with E-state index in [1.165, 1.54) is 16.8 Å². The molecule has 0 saturated carbocycles. The minimum absolute atomic E-state index is 0.0846. The fraction of sp³-hybridized carbons (Fsp3) is 0.148. The first-order valence-corrected chi connectivity index (χ1v) is 13.7. The summed E-state index contributed by atoms with van der Waals surface area (Å²) in [4.78, 5) is 38.5. The zero-order valence-corrected chi connectivity index (χ0v) is 23.0. The first kappa shape index (κ1) is 27.1. The van der Waals surface area contributed by atoms with Gasteiger partial charge in [0.2, 0.25) is 5.16 Å². The van der Waals surface area contributed by atoms with Crippen LogP contribution in [0.3, 0.4) is 0 Å². The van der Waals surface area contributed by atoms with Crippen molar-refractivity contribution in [1.29, 1.82) is 0 Å². The Morgan fingerprint density at radius 3 is 2.65 bits per heavy atom. The Kier molecular flexibility index (Phi) is 7.94. The van der Waals surface area contributed by atoms with Crippen molar-refractivity contribution in [3.05, 3.63) is 98.4 Å². The van der Waals surface area contributed by atoms with Gasteiger partial charge < -0.3 is 4.74 Å². The molecule has 13 heteroatoms. The third-order valence-corrected chi connectivity index (χ3v) is 7.82. The second-order valence-corrected chi connectivity index (χ2v) is 10.7. The monoisotopic (exact) mass is 574 g/mol. The summed E-state index contributed by atoms with van der Waals surface area (Å²) in [6, 6.07) is 19.6. The number of benzene rings is 3. The van der Waals surface area contributed by atoms with Gasteiger partial charge in [0.05, 0.1) is 27.0 Å². The van der Waals surface area contributed by atoms with E-state index in [2.05, 4.69) is 15.5 Å². The van der Waals surface area contributed by atoms with Crippen molar-refractivity contribution < 1.29 is 19.2 Å². The van der Waals surface area contributed by atoms with Gasteiger partial charge in [0.15, 0.2) is 0 Å². The van der Waals surface area contributed by atoms with E-state index >= 15 is 0 Å². The average Bonchev–Trinajstić information content (AvgIpc) is 3.51. The third-order valence-electron chi connectivity index (χ3n) is 5.91. The molecule has 40 heavy (non-hydrogen) atoms. The molecule has 4 aromatic rings. The van der Waals surface area contributed by atoms with Crippen molar-refractivity contribution >= 4 is 46.4 Å². The Hall–Kier alpha value is -4.49. The van der Waals surface area contributed by atoms with Gasteiger partial charge in [0.25, 0.3) is 16.8 Å². The van der Waals surface area contributed by atoms with Gasteiger partial charge in [-0.05, 0) is 94.8 Å². The SMILES string of the molecule is Cc1ccc(C)c(OCCN2C(=O)S/C(=C\c3ccc(Sc4nnnn4-c4ccccc4)c([N+](=O)[O-])c3)C2=O)c1. The fourth-order valence-corrected chi connectivity index (χ4v) is 5.62. The number of thioether (sulfide) groups is 1.